The summed E-state index contributed by atoms with van der Waals surface area (Å²) < 4.78 is 38.5. The summed E-state index contributed by atoms with van der Waals surface area (Å²) in [6.07, 6.45) is 1.41. The smallest absolute Gasteiger partial charge is 0.232 e. The van der Waals surface area contributed by atoms with Gasteiger partial charge in [-0.2, -0.15) is 0 Å². The summed E-state index contributed by atoms with van der Waals surface area (Å²) in [5.41, 5.74) is 1.03. The Kier molecular flexibility index (Phi) is 4.29. The third-order valence-electron chi connectivity index (χ3n) is 2.23. The van der Waals surface area contributed by atoms with Crippen LogP contribution in [0.15, 0.2) is 18.2 Å². The zero-order chi connectivity index (χ0) is 12.2. The number of benzene rings is 1. The highest BCUT2D eigenvalue weighted by molar-refractivity contribution is 7.92. The molecule has 1 rings (SSSR count). The number of unbranched alkanes of at least 4 members (excludes halogenated alkanes) is 1. The first-order chi connectivity index (χ1) is 7.44. The second-order valence-electron chi connectivity index (χ2n) is 3.73. The number of aryl methyl sites for hydroxylation is 1. The molecular formula is C11H16FNO2S. The molecule has 0 unspecified atom stereocenters. The van der Waals surface area contributed by atoms with Gasteiger partial charge in [0, 0.05) is 0 Å². The summed E-state index contributed by atoms with van der Waals surface area (Å²) in [6.45, 7) is 3.65. The fourth-order valence-corrected chi connectivity index (χ4v) is 2.58. The molecule has 1 N–H and O–H groups in total. The molecule has 0 aliphatic rings. The Morgan fingerprint density at radius 2 is 2.06 bits per heavy atom. The van der Waals surface area contributed by atoms with Crippen molar-refractivity contribution in [3.05, 3.63) is 29.6 Å². The SMILES string of the molecule is CCCCS(=O)(=O)Nc1cc(F)ccc1C. The van der Waals surface area contributed by atoms with Crippen molar-refractivity contribution in [1.29, 1.82) is 0 Å². The molecule has 0 radical (unpaired) electrons. The van der Waals surface area contributed by atoms with E-state index in [2.05, 4.69) is 4.72 Å². The first kappa shape index (κ1) is 13.0. The van der Waals surface area contributed by atoms with Gasteiger partial charge in [0.2, 0.25) is 10.0 Å². The number of hydrogen-bond donors (Lipinski definition) is 1. The molecular weight excluding hydrogens is 229 g/mol. The second-order valence-corrected chi connectivity index (χ2v) is 5.58. The zero-order valence-corrected chi connectivity index (χ0v) is 10.3. The van der Waals surface area contributed by atoms with Gasteiger partial charge in [0.1, 0.15) is 5.82 Å². The van der Waals surface area contributed by atoms with E-state index in [1.54, 1.807) is 13.0 Å². The molecule has 0 spiro atoms. The number of hydrogen-bond acceptors (Lipinski definition) is 2. The van der Waals surface area contributed by atoms with Crippen LogP contribution >= 0.6 is 0 Å². The molecule has 1 aromatic rings. The molecule has 3 nitrogen and oxygen atoms in total. The van der Waals surface area contributed by atoms with Crippen LogP contribution in [0.4, 0.5) is 10.1 Å². The Morgan fingerprint density at radius 3 is 2.69 bits per heavy atom. The Balaban J connectivity index is 2.83. The molecule has 90 valence electrons. The predicted octanol–water partition coefficient (Wildman–Crippen LogP) is 2.68. The van der Waals surface area contributed by atoms with Gasteiger partial charge < -0.3 is 0 Å². The van der Waals surface area contributed by atoms with E-state index in [-0.39, 0.29) is 5.75 Å². The lowest BCUT2D eigenvalue weighted by molar-refractivity contribution is 0.597. The van der Waals surface area contributed by atoms with Gasteiger partial charge in [-0.15, -0.1) is 0 Å². The Labute approximate surface area is 95.7 Å². The molecule has 0 saturated heterocycles. The van der Waals surface area contributed by atoms with E-state index in [0.29, 0.717) is 17.7 Å². The highest BCUT2D eigenvalue weighted by Gasteiger charge is 2.11. The maximum atomic E-state index is 12.9. The van der Waals surface area contributed by atoms with Gasteiger partial charge in [-0.05, 0) is 31.0 Å². The maximum absolute atomic E-state index is 12.9. The summed E-state index contributed by atoms with van der Waals surface area (Å²) in [5.74, 6) is -0.377. The van der Waals surface area contributed by atoms with Crippen LogP contribution in [0, 0.1) is 12.7 Å². The third-order valence-corrected chi connectivity index (χ3v) is 3.59. The number of anilines is 1. The Hall–Kier alpha value is -1.10. The Bertz CT molecular complexity index is 457. The average Bonchev–Trinajstić information content (AvgIpc) is 2.20. The van der Waals surface area contributed by atoms with E-state index in [0.717, 1.165) is 6.42 Å². The average molecular weight is 245 g/mol. The van der Waals surface area contributed by atoms with Crippen molar-refractivity contribution in [3.8, 4) is 0 Å². The largest absolute Gasteiger partial charge is 0.283 e. The van der Waals surface area contributed by atoms with Crippen molar-refractivity contribution >= 4 is 15.7 Å². The molecule has 0 aliphatic carbocycles. The van der Waals surface area contributed by atoms with Gasteiger partial charge in [-0.25, -0.2) is 12.8 Å². The summed E-state index contributed by atoms with van der Waals surface area (Å²) in [6, 6.07) is 4.05. The highest BCUT2D eigenvalue weighted by atomic mass is 32.2. The van der Waals surface area contributed by atoms with E-state index in [1.165, 1.54) is 12.1 Å². The lowest BCUT2D eigenvalue weighted by atomic mass is 10.2. The van der Waals surface area contributed by atoms with E-state index in [4.69, 9.17) is 0 Å². The topological polar surface area (TPSA) is 46.2 Å². The van der Waals surface area contributed by atoms with Crippen molar-refractivity contribution in [2.24, 2.45) is 0 Å². The van der Waals surface area contributed by atoms with Crippen LogP contribution < -0.4 is 4.72 Å². The minimum Gasteiger partial charge on any atom is -0.283 e. The molecule has 0 bridgehead atoms. The van der Waals surface area contributed by atoms with Crippen LogP contribution in [0.1, 0.15) is 25.3 Å². The normalized spacial score (nSPS) is 11.4. The highest BCUT2D eigenvalue weighted by Crippen LogP contribution is 2.17. The van der Waals surface area contributed by atoms with Crippen LogP contribution in [0.2, 0.25) is 0 Å². The van der Waals surface area contributed by atoms with Gasteiger partial charge in [0.05, 0.1) is 11.4 Å². The number of halogens is 1. The van der Waals surface area contributed by atoms with Crippen LogP contribution in [0.5, 0.6) is 0 Å². The van der Waals surface area contributed by atoms with E-state index >= 15 is 0 Å². The van der Waals surface area contributed by atoms with Crippen LogP contribution in [-0.2, 0) is 10.0 Å². The molecule has 0 heterocycles. The number of sulfonamides is 1. The fourth-order valence-electron chi connectivity index (χ4n) is 1.26. The standard InChI is InChI=1S/C11H16FNO2S/c1-3-4-7-16(14,15)13-11-8-10(12)6-5-9(11)2/h5-6,8,13H,3-4,7H2,1-2H3. The van der Waals surface area contributed by atoms with Gasteiger partial charge >= 0.3 is 0 Å². The van der Waals surface area contributed by atoms with E-state index < -0.39 is 15.8 Å². The first-order valence-electron chi connectivity index (χ1n) is 5.21. The minimum absolute atomic E-state index is 0.0689. The van der Waals surface area contributed by atoms with Gasteiger partial charge in [-0.3, -0.25) is 4.72 Å². The van der Waals surface area contributed by atoms with Crippen molar-refractivity contribution in [1.82, 2.24) is 0 Å². The zero-order valence-electron chi connectivity index (χ0n) is 9.46. The molecule has 0 fully saturated rings. The summed E-state index contributed by atoms with van der Waals surface area (Å²) in [4.78, 5) is 0. The van der Waals surface area contributed by atoms with Crippen molar-refractivity contribution in [2.45, 2.75) is 26.7 Å². The van der Waals surface area contributed by atoms with Crippen LogP contribution in [0.3, 0.4) is 0 Å². The monoisotopic (exact) mass is 245 g/mol. The predicted molar refractivity (Wildman–Crippen MR) is 63.5 cm³/mol. The molecule has 5 heteroatoms. The fraction of sp³-hybridized carbons (Fsp3) is 0.455. The third kappa shape index (κ3) is 3.81. The van der Waals surface area contributed by atoms with Crippen molar-refractivity contribution in [2.75, 3.05) is 10.5 Å². The summed E-state index contributed by atoms with van der Waals surface area (Å²) in [7, 11) is -3.35. The molecule has 0 aliphatic heterocycles. The van der Waals surface area contributed by atoms with Gasteiger partial charge in [-0.1, -0.05) is 19.4 Å². The van der Waals surface area contributed by atoms with Crippen LogP contribution in [0.25, 0.3) is 0 Å². The summed E-state index contributed by atoms with van der Waals surface area (Å²) in [5, 5.41) is 0. The quantitative estimate of drug-likeness (QED) is 0.867. The maximum Gasteiger partial charge on any atom is 0.232 e. The molecule has 0 aromatic heterocycles. The van der Waals surface area contributed by atoms with Crippen molar-refractivity contribution in [3.63, 3.8) is 0 Å². The van der Waals surface area contributed by atoms with E-state index in [1.807, 2.05) is 6.92 Å². The molecule has 0 atom stereocenters. The van der Waals surface area contributed by atoms with Crippen LogP contribution in [-0.4, -0.2) is 14.2 Å². The number of nitrogens with one attached hydrogen (secondary N) is 1. The van der Waals surface area contributed by atoms with Crippen molar-refractivity contribution < 1.29 is 12.8 Å². The van der Waals surface area contributed by atoms with Gasteiger partial charge in [0.25, 0.3) is 0 Å². The lowest BCUT2D eigenvalue weighted by Gasteiger charge is -2.10. The van der Waals surface area contributed by atoms with E-state index in [9.17, 15) is 12.8 Å². The summed E-state index contributed by atoms with van der Waals surface area (Å²) >= 11 is 0. The minimum atomic E-state index is -3.35. The lowest BCUT2D eigenvalue weighted by Crippen LogP contribution is -2.17. The number of rotatable bonds is 5. The molecule has 0 amide bonds. The first-order valence-corrected chi connectivity index (χ1v) is 6.86. The van der Waals surface area contributed by atoms with Gasteiger partial charge in [0.15, 0.2) is 0 Å². The Morgan fingerprint density at radius 1 is 1.38 bits per heavy atom. The molecule has 16 heavy (non-hydrogen) atoms. The molecule has 0 saturated carbocycles. The molecule has 1 aromatic carbocycles. The second kappa shape index (κ2) is 5.30.